The maximum Gasteiger partial charge on any atom is 0.316 e. The first-order chi connectivity index (χ1) is 14.0. The third-order valence-corrected chi connectivity index (χ3v) is 5.62. The molecule has 1 atom stereocenters. The fraction of sp³-hybridized carbons (Fsp3) is 0.500. The summed E-state index contributed by atoms with van der Waals surface area (Å²) in [5.41, 5.74) is 3.87. The van der Waals surface area contributed by atoms with E-state index in [0.29, 0.717) is 6.01 Å². The lowest BCUT2D eigenvalue weighted by atomic mass is 9.92. The Labute approximate surface area is 172 Å². The van der Waals surface area contributed by atoms with Crippen LogP contribution in [0.5, 0.6) is 6.01 Å². The molecule has 0 amide bonds. The first-order valence-electron chi connectivity index (χ1n) is 10.2. The third-order valence-electron chi connectivity index (χ3n) is 5.62. The number of anilines is 3. The van der Waals surface area contributed by atoms with Crippen LogP contribution in [0.3, 0.4) is 0 Å². The number of benzene rings is 1. The van der Waals surface area contributed by atoms with Crippen LogP contribution in [0.25, 0.3) is 0 Å². The SMILES string of the molecule is CCC(CC(=O)O)c1ccc(N2CCC(C)CC2)c(Nc2cnc(OC)nc2)c1. The fourth-order valence-corrected chi connectivity index (χ4v) is 3.78. The second kappa shape index (κ2) is 9.58. The summed E-state index contributed by atoms with van der Waals surface area (Å²) in [5, 5.41) is 12.7. The Balaban J connectivity index is 1.92. The number of carboxylic acids is 1. The molecule has 1 aromatic heterocycles. The summed E-state index contributed by atoms with van der Waals surface area (Å²) in [6, 6.07) is 6.58. The van der Waals surface area contributed by atoms with Gasteiger partial charge in [-0.05, 0) is 48.8 Å². The van der Waals surface area contributed by atoms with E-state index in [0.717, 1.165) is 48.1 Å². The molecular formula is C22H30N4O3. The number of hydrogen-bond donors (Lipinski definition) is 2. The number of piperidine rings is 1. The van der Waals surface area contributed by atoms with Crippen molar-refractivity contribution in [3.05, 3.63) is 36.2 Å². The van der Waals surface area contributed by atoms with Gasteiger partial charge in [0.1, 0.15) is 0 Å². The zero-order valence-electron chi connectivity index (χ0n) is 17.4. The van der Waals surface area contributed by atoms with Crippen LogP contribution in [0, 0.1) is 5.92 Å². The quantitative estimate of drug-likeness (QED) is 0.680. The Morgan fingerprint density at radius 3 is 2.59 bits per heavy atom. The Kier molecular flexibility index (Phi) is 6.90. The highest BCUT2D eigenvalue weighted by molar-refractivity contribution is 5.76. The zero-order valence-corrected chi connectivity index (χ0v) is 17.4. The first kappa shape index (κ1) is 20.9. The van der Waals surface area contributed by atoms with Crippen LogP contribution in [0.1, 0.15) is 51.0 Å². The van der Waals surface area contributed by atoms with Gasteiger partial charge in [-0.25, -0.2) is 9.97 Å². The molecule has 1 unspecified atom stereocenters. The normalized spacial score (nSPS) is 15.8. The van der Waals surface area contributed by atoms with E-state index < -0.39 is 5.97 Å². The summed E-state index contributed by atoms with van der Waals surface area (Å²) in [6.07, 6.45) is 6.62. The maximum atomic E-state index is 11.3. The third kappa shape index (κ3) is 5.37. The highest BCUT2D eigenvalue weighted by atomic mass is 16.5. The number of nitrogens with one attached hydrogen (secondary N) is 1. The van der Waals surface area contributed by atoms with Crippen molar-refractivity contribution in [2.75, 3.05) is 30.4 Å². The van der Waals surface area contributed by atoms with Gasteiger partial charge in [0.25, 0.3) is 0 Å². The lowest BCUT2D eigenvalue weighted by Gasteiger charge is -2.34. The second-order valence-corrected chi connectivity index (χ2v) is 7.73. The Morgan fingerprint density at radius 1 is 1.31 bits per heavy atom. The van der Waals surface area contributed by atoms with Gasteiger partial charge in [0.05, 0.1) is 43.0 Å². The molecule has 29 heavy (non-hydrogen) atoms. The van der Waals surface area contributed by atoms with Crippen molar-refractivity contribution in [2.45, 2.75) is 45.4 Å². The molecule has 0 bridgehead atoms. The van der Waals surface area contributed by atoms with Gasteiger partial charge in [0.2, 0.25) is 0 Å². The second-order valence-electron chi connectivity index (χ2n) is 7.73. The van der Waals surface area contributed by atoms with Crippen molar-refractivity contribution in [1.82, 2.24) is 9.97 Å². The predicted octanol–water partition coefficient (Wildman–Crippen LogP) is 4.43. The predicted molar refractivity (Wildman–Crippen MR) is 114 cm³/mol. The number of aromatic nitrogens is 2. The molecule has 2 heterocycles. The molecule has 1 fully saturated rings. The van der Waals surface area contributed by atoms with Crippen molar-refractivity contribution in [1.29, 1.82) is 0 Å². The Hall–Kier alpha value is -2.83. The molecule has 1 aliphatic heterocycles. The Bertz CT molecular complexity index is 817. The highest BCUT2D eigenvalue weighted by Gasteiger charge is 2.21. The molecule has 1 aliphatic rings. The number of carboxylic acid groups (broad SMARTS) is 1. The van der Waals surface area contributed by atoms with Gasteiger partial charge in [-0.15, -0.1) is 0 Å². The van der Waals surface area contributed by atoms with E-state index >= 15 is 0 Å². The van der Waals surface area contributed by atoms with Gasteiger partial charge in [-0.1, -0.05) is 19.9 Å². The number of hydrogen-bond acceptors (Lipinski definition) is 6. The monoisotopic (exact) mass is 398 g/mol. The minimum atomic E-state index is -0.774. The van der Waals surface area contributed by atoms with Crippen LogP contribution in [0.4, 0.5) is 17.1 Å². The smallest absolute Gasteiger partial charge is 0.316 e. The van der Waals surface area contributed by atoms with Crippen LogP contribution in [0.15, 0.2) is 30.6 Å². The van der Waals surface area contributed by atoms with Gasteiger partial charge < -0.3 is 20.1 Å². The van der Waals surface area contributed by atoms with Crippen molar-refractivity contribution in [2.24, 2.45) is 5.92 Å². The van der Waals surface area contributed by atoms with E-state index in [9.17, 15) is 9.90 Å². The van der Waals surface area contributed by atoms with Gasteiger partial charge in [-0.2, -0.15) is 0 Å². The molecule has 0 radical (unpaired) electrons. The maximum absolute atomic E-state index is 11.3. The van der Waals surface area contributed by atoms with E-state index in [2.05, 4.69) is 45.3 Å². The molecule has 156 valence electrons. The molecule has 2 aromatic rings. The van der Waals surface area contributed by atoms with Crippen molar-refractivity contribution in [3.8, 4) is 6.01 Å². The van der Waals surface area contributed by atoms with Crippen LogP contribution in [0.2, 0.25) is 0 Å². The van der Waals surface area contributed by atoms with Crippen LogP contribution >= 0.6 is 0 Å². The van der Waals surface area contributed by atoms with E-state index in [1.54, 1.807) is 12.4 Å². The van der Waals surface area contributed by atoms with Crippen molar-refractivity contribution in [3.63, 3.8) is 0 Å². The van der Waals surface area contributed by atoms with Crippen molar-refractivity contribution < 1.29 is 14.6 Å². The minimum Gasteiger partial charge on any atom is -0.481 e. The Morgan fingerprint density at radius 2 is 2.00 bits per heavy atom. The molecule has 1 saturated heterocycles. The summed E-state index contributed by atoms with van der Waals surface area (Å²) in [6.45, 7) is 6.35. The molecule has 1 aromatic carbocycles. The van der Waals surface area contributed by atoms with Crippen molar-refractivity contribution >= 4 is 23.0 Å². The van der Waals surface area contributed by atoms with Crippen LogP contribution in [-0.2, 0) is 4.79 Å². The van der Waals surface area contributed by atoms with E-state index in [4.69, 9.17) is 4.74 Å². The number of nitrogens with zero attached hydrogens (tertiary/aromatic N) is 3. The number of carbonyl (C=O) groups is 1. The first-order valence-corrected chi connectivity index (χ1v) is 10.2. The van der Waals surface area contributed by atoms with Crippen LogP contribution in [-0.4, -0.2) is 41.2 Å². The standard InChI is InChI=1S/C22H30N4O3/c1-4-16(12-21(27)28)17-5-6-20(26-9-7-15(2)8-10-26)19(11-17)25-18-13-23-22(29-3)24-14-18/h5-6,11,13-16,25H,4,7-10,12H2,1-3H3,(H,27,28). The topological polar surface area (TPSA) is 87.6 Å². The molecule has 0 spiro atoms. The average molecular weight is 399 g/mol. The summed E-state index contributed by atoms with van der Waals surface area (Å²) < 4.78 is 5.04. The van der Waals surface area contributed by atoms with Gasteiger partial charge in [-0.3, -0.25) is 4.79 Å². The molecule has 3 rings (SSSR count). The number of ether oxygens (including phenoxy) is 1. The molecule has 7 nitrogen and oxygen atoms in total. The summed E-state index contributed by atoms with van der Waals surface area (Å²) in [5.74, 6) is -0.0448. The molecule has 7 heteroatoms. The van der Waals surface area contributed by atoms with E-state index in [-0.39, 0.29) is 12.3 Å². The number of aliphatic carboxylic acids is 1. The van der Waals surface area contributed by atoms with Gasteiger partial charge >= 0.3 is 12.0 Å². The van der Waals surface area contributed by atoms with Gasteiger partial charge in [0.15, 0.2) is 0 Å². The molecule has 2 N–H and O–H groups in total. The highest BCUT2D eigenvalue weighted by Crippen LogP contribution is 2.36. The summed E-state index contributed by atoms with van der Waals surface area (Å²) in [4.78, 5) is 22.0. The average Bonchev–Trinajstić information content (AvgIpc) is 2.73. The summed E-state index contributed by atoms with van der Waals surface area (Å²) in [7, 11) is 1.54. The largest absolute Gasteiger partial charge is 0.481 e. The van der Waals surface area contributed by atoms with E-state index in [1.165, 1.54) is 20.0 Å². The zero-order chi connectivity index (χ0) is 20.8. The fourth-order valence-electron chi connectivity index (χ4n) is 3.78. The lowest BCUT2D eigenvalue weighted by molar-refractivity contribution is -0.137. The summed E-state index contributed by atoms with van der Waals surface area (Å²) >= 11 is 0. The lowest BCUT2D eigenvalue weighted by Crippen LogP contribution is -2.33. The molecule has 0 aliphatic carbocycles. The minimum absolute atomic E-state index is 0.0180. The molecule has 0 saturated carbocycles. The van der Waals surface area contributed by atoms with E-state index in [1.807, 2.05) is 6.92 Å². The van der Waals surface area contributed by atoms with Crippen LogP contribution < -0.4 is 15.0 Å². The number of methoxy groups -OCH3 is 1. The number of rotatable bonds is 8. The molecular weight excluding hydrogens is 368 g/mol. The van der Waals surface area contributed by atoms with Gasteiger partial charge in [0, 0.05) is 13.1 Å².